The number of carbonyl (C=O) groups excluding carboxylic acids is 1. The summed E-state index contributed by atoms with van der Waals surface area (Å²) < 4.78 is 0. The molecule has 0 radical (unpaired) electrons. The van der Waals surface area contributed by atoms with E-state index < -0.39 is 0 Å². The molecule has 0 aliphatic heterocycles. The summed E-state index contributed by atoms with van der Waals surface area (Å²) in [6.45, 7) is 9.02. The lowest BCUT2D eigenvalue weighted by Gasteiger charge is -2.22. The van der Waals surface area contributed by atoms with Crippen LogP contribution in [0.15, 0.2) is 0 Å². The molecule has 2 heteroatoms. The number of likely N-dealkylation sites (N-methyl/N-ethyl adjacent to an activating group) is 1. The van der Waals surface area contributed by atoms with Crippen molar-refractivity contribution in [2.24, 2.45) is 5.92 Å². The summed E-state index contributed by atoms with van der Waals surface area (Å²) in [5.74, 6) is 0.966. The van der Waals surface area contributed by atoms with Crippen LogP contribution >= 0.6 is 0 Å². The molecular formula is C10H21NO. The monoisotopic (exact) mass is 171 g/mol. The zero-order chi connectivity index (χ0) is 9.72. The van der Waals surface area contributed by atoms with E-state index in [1.54, 1.807) is 6.92 Å². The van der Waals surface area contributed by atoms with Crippen LogP contribution in [0.2, 0.25) is 0 Å². The molecule has 0 heterocycles. The van der Waals surface area contributed by atoms with E-state index >= 15 is 0 Å². The number of nitrogens with zero attached hydrogens (tertiary/aromatic N) is 1. The van der Waals surface area contributed by atoms with Crippen molar-refractivity contribution in [3.63, 3.8) is 0 Å². The van der Waals surface area contributed by atoms with Crippen LogP contribution in [0.3, 0.4) is 0 Å². The molecule has 0 spiro atoms. The van der Waals surface area contributed by atoms with Crippen molar-refractivity contribution in [3.05, 3.63) is 0 Å². The highest BCUT2D eigenvalue weighted by atomic mass is 16.1. The largest absolute Gasteiger partial charge is 0.298 e. The molecule has 0 fully saturated rings. The molecule has 2 nitrogen and oxygen atoms in total. The van der Waals surface area contributed by atoms with E-state index in [0.717, 1.165) is 13.0 Å². The Balaban J connectivity index is 3.71. The van der Waals surface area contributed by atoms with Gasteiger partial charge in [0.1, 0.15) is 5.78 Å². The van der Waals surface area contributed by atoms with Gasteiger partial charge in [-0.1, -0.05) is 13.8 Å². The first-order valence-corrected chi connectivity index (χ1v) is 4.65. The molecule has 0 amide bonds. The fourth-order valence-electron chi connectivity index (χ4n) is 0.966. The molecule has 0 rings (SSSR count). The molecule has 0 aromatic carbocycles. The molecule has 1 atom stereocenters. The van der Waals surface area contributed by atoms with Gasteiger partial charge >= 0.3 is 0 Å². The lowest BCUT2D eigenvalue weighted by Crippen LogP contribution is -2.35. The fourth-order valence-corrected chi connectivity index (χ4v) is 0.966. The average molecular weight is 171 g/mol. The van der Waals surface area contributed by atoms with Crippen LogP contribution in [0.5, 0.6) is 0 Å². The highest BCUT2D eigenvalue weighted by Gasteiger charge is 2.12. The van der Waals surface area contributed by atoms with Gasteiger partial charge < -0.3 is 0 Å². The molecule has 12 heavy (non-hydrogen) atoms. The number of Topliss-reactive ketones (excluding diaryl/α,β-unsaturated/α-hetero) is 1. The Kier molecular flexibility index (Phi) is 5.14. The van der Waals surface area contributed by atoms with Gasteiger partial charge in [-0.3, -0.25) is 9.69 Å². The van der Waals surface area contributed by atoms with Gasteiger partial charge in [0.15, 0.2) is 0 Å². The second kappa shape index (κ2) is 5.31. The third-order valence-electron chi connectivity index (χ3n) is 2.31. The second-order valence-electron chi connectivity index (χ2n) is 3.95. The minimum atomic E-state index is 0.0729. The maximum absolute atomic E-state index is 11.0. The molecule has 0 aromatic heterocycles. The van der Waals surface area contributed by atoms with Gasteiger partial charge in [0.2, 0.25) is 0 Å². The van der Waals surface area contributed by atoms with Crippen molar-refractivity contribution in [1.82, 2.24) is 4.90 Å². The number of ketones is 1. The molecule has 0 aliphatic carbocycles. The van der Waals surface area contributed by atoms with Crippen LogP contribution in [-0.2, 0) is 4.79 Å². The van der Waals surface area contributed by atoms with E-state index in [4.69, 9.17) is 0 Å². The third-order valence-corrected chi connectivity index (χ3v) is 2.31. The Morgan fingerprint density at radius 3 is 2.17 bits per heavy atom. The highest BCUT2D eigenvalue weighted by molar-refractivity contribution is 5.80. The smallest absolute Gasteiger partial charge is 0.146 e. The van der Waals surface area contributed by atoms with Gasteiger partial charge in [0, 0.05) is 0 Å². The van der Waals surface area contributed by atoms with Crippen molar-refractivity contribution in [2.45, 2.75) is 40.2 Å². The van der Waals surface area contributed by atoms with Gasteiger partial charge in [-0.15, -0.1) is 0 Å². The van der Waals surface area contributed by atoms with Gasteiger partial charge in [-0.25, -0.2) is 0 Å². The Hall–Kier alpha value is -0.370. The van der Waals surface area contributed by atoms with E-state index in [9.17, 15) is 4.79 Å². The number of carbonyl (C=O) groups is 1. The molecular weight excluding hydrogens is 150 g/mol. The quantitative estimate of drug-likeness (QED) is 0.630. The third kappa shape index (κ3) is 4.50. The lowest BCUT2D eigenvalue weighted by atomic mass is 10.1. The summed E-state index contributed by atoms with van der Waals surface area (Å²) in [5, 5.41) is 0. The first-order chi connectivity index (χ1) is 5.45. The van der Waals surface area contributed by atoms with E-state index in [2.05, 4.69) is 18.7 Å². The SMILES string of the molecule is CC(=O)C(C)N(C)CCC(C)C. The van der Waals surface area contributed by atoms with Crippen LogP contribution in [0.4, 0.5) is 0 Å². The zero-order valence-electron chi connectivity index (χ0n) is 8.92. The van der Waals surface area contributed by atoms with Crippen LogP contribution in [0, 0.1) is 5.92 Å². The number of hydrogen-bond donors (Lipinski definition) is 0. The Morgan fingerprint density at radius 2 is 1.83 bits per heavy atom. The van der Waals surface area contributed by atoms with E-state index in [1.807, 2.05) is 14.0 Å². The standard InChI is InChI=1S/C10H21NO/c1-8(2)6-7-11(5)9(3)10(4)12/h8-9H,6-7H2,1-5H3. The fraction of sp³-hybridized carbons (Fsp3) is 0.900. The Labute approximate surface area is 75.9 Å². The second-order valence-corrected chi connectivity index (χ2v) is 3.95. The van der Waals surface area contributed by atoms with Crippen molar-refractivity contribution < 1.29 is 4.79 Å². The topological polar surface area (TPSA) is 20.3 Å². The Morgan fingerprint density at radius 1 is 1.33 bits per heavy atom. The molecule has 0 saturated heterocycles. The van der Waals surface area contributed by atoms with Gasteiger partial charge in [0.05, 0.1) is 6.04 Å². The van der Waals surface area contributed by atoms with E-state index in [1.165, 1.54) is 0 Å². The predicted molar refractivity (Wildman–Crippen MR) is 52.2 cm³/mol. The summed E-state index contributed by atoms with van der Waals surface area (Å²) in [5.41, 5.74) is 0. The van der Waals surface area contributed by atoms with Gasteiger partial charge in [-0.05, 0) is 39.8 Å². The van der Waals surface area contributed by atoms with Gasteiger partial charge in [-0.2, -0.15) is 0 Å². The average Bonchev–Trinajstić information content (AvgIpc) is 1.98. The predicted octanol–water partition coefficient (Wildman–Crippen LogP) is 1.94. The molecule has 0 aliphatic rings. The van der Waals surface area contributed by atoms with Crippen molar-refractivity contribution in [2.75, 3.05) is 13.6 Å². The molecule has 0 bridgehead atoms. The summed E-state index contributed by atoms with van der Waals surface area (Å²) in [6, 6.07) is 0.0729. The molecule has 72 valence electrons. The van der Waals surface area contributed by atoms with E-state index in [0.29, 0.717) is 5.92 Å². The van der Waals surface area contributed by atoms with E-state index in [-0.39, 0.29) is 11.8 Å². The first kappa shape index (κ1) is 11.6. The highest BCUT2D eigenvalue weighted by Crippen LogP contribution is 2.03. The zero-order valence-corrected chi connectivity index (χ0v) is 8.92. The van der Waals surface area contributed by atoms with Crippen molar-refractivity contribution in [1.29, 1.82) is 0 Å². The number of rotatable bonds is 5. The van der Waals surface area contributed by atoms with Crippen LogP contribution in [-0.4, -0.2) is 30.3 Å². The molecule has 0 aromatic rings. The summed E-state index contributed by atoms with van der Waals surface area (Å²) in [6.07, 6.45) is 1.16. The maximum atomic E-state index is 11.0. The van der Waals surface area contributed by atoms with Crippen LogP contribution < -0.4 is 0 Å². The van der Waals surface area contributed by atoms with Gasteiger partial charge in [0.25, 0.3) is 0 Å². The Bertz CT molecular complexity index is 143. The molecule has 1 unspecified atom stereocenters. The van der Waals surface area contributed by atoms with Crippen molar-refractivity contribution in [3.8, 4) is 0 Å². The molecule has 0 saturated carbocycles. The molecule has 0 N–H and O–H groups in total. The van der Waals surface area contributed by atoms with Crippen molar-refractivity contribution >= 4 is 5.78 Å². The minimum Gasteiger partial charge on any atom is -0.298 e. The number of hydrogen-bond acceptors (Lipinski definition) is 2. The normalized spacial score (nSPS) is 13.9. The van der Waals surface area contributed by atoms with Crippen LogP contribution in [0.25, 0.3) is 0 Å². The van der Waals surface area contributed by atoms with Crippen LogP contribution in [0.1, 0.15) is 34.1 Å². The minimum absolute atomic E-state index is 0.0729. The summed E-state index contributed by atoms with van der Waals surface area (Å²) >= 11 is 0. The first-order valence-electron chi connectivity index (χ1n) is 4.65. The lowest BCUT2D eigenvalue weighted by molar-refractivity contribution is -0.121. The summed E-state index contributed by atoms with van der Waals surface area (Å²) in [7, 11) is 2.01. The maximum Gasteiger partial charge on any atom is 0.146 e. The summed E-state index contributed by atoms with van der Waals surface area (Å²) in [4.78, 5) is 13.1.